The van der Waals surface area contributed by atoms with Crippen LogP contribution in [-0.2, 0) is 6.54 Å². The second-order valence-corrected chi connectivity index (χ2v) is 7.62. The van der Waals surface area contributed by atoms with E-state index in [1.54, 1.807) is 12.1 Å². The van der Waals surface area contributed by atoms with Crippen LogP contribution in [0.2, 0.25) is 0 Å². The molecule has 0 atom stereocenters. The monoisotopic (exact) mass is 381 g/mol. The van der Waals surface area contributed by atoms with Crippen LogP contribution < -0.4 is 0 Å². The van der Waals surface area contributed by atoms with Crippen molar-refractivity contribution in [3.63, 3.8) is 0 Å². The Morgan fingerprint density at radius 2 is 1.82 bits per heavy atom. The number of carbonyl (C=O) groups excluding carboxylic acids is 1. The lowest BCUT2D eigenvalue weighted by molar-refractivity contribution is 0.0719. The normalized spacial score (nSPS) is 18.5. The van der Waals surface area contributed by atoms with Crippen molar-refractivity contribution in [2.24, 2.45) is 11.1 Å². The van der Waals surface area contributed by atoms with E-state index < -0.39 is 0 Å². The Bertz CT molecular complexity index is 874. The third-order valence-electron chi connectivity index (χ3n) is 5.75. The smallest absolute Gasteiger partial charge is 0.254 e. The fourth-order valence-corrected chi connectivity index (χ4v) is 4.14. The van der Waals surface area contributed by atoms with Gasteiger partial charge in [0.25, 0.3) is 5.91 Å². The van der Waals surface area contributed by atoms with Crippen LogP contribution >= 0.6 is 0 Å². The molecule has 2 aromatic carbocycles. The van der Waals surface area contributed by atoms with Gasteiger partial charge < -0.3 is 10.1 Å². The molecule has 6 heteroatoms. The van der Waals surface area contributed by atoms with Crippen LogP contribution in [0.25, 0.3) is 0 Å². The number of fused-ring (bicyclic) bond motifs is 1. The minimum absolute atomic E-state index is 0.143. The van der Waals surface area contributed by atoms with E-state index in [2.05, 4.69) is 10.1 Å². The largest absolute Gasteiger partial charge is 0.411 e. The Morgan fingerprint density at radius 1 is 1.11 bits per heavy atom. The maximum absolute atomic E-state index is 13.1. The van der Waals surface area contributed by atoms with Gasteiger partial charge in [0.05, 0.1) is 0 Å². The van der Waals surface area contributed by atoms with Crippen molar-refractivity contribution < 1.29 is 14.4 Å². The molecule has 146 valence electrons. The average molecular weight is 381 g/mol. The predicted molar refractivity (Wildman–Crippen MR) is 105 cm³/mol. The van der Waals surface area contributed by atoms with Crippen LogP contribution in [0.1, 0.15) is 34.3 Å². The second kappa shape index (κ2) is 8.10. The highest BCUT2D eigenvalue weighted by Crippen LogP contribution is 2.26. The minimum atomic E-state index is -0.305. The van der Waals surface area contributed by atoms with Crippen molar-refractivity contribution in [2.45, 2.75) is 19.4 Å². The number of oxime groups is 1. The molecule has 0 radical (unpaired) electrons. The molecule has 1 N–H and O–H groups in total. The number of amides is 1. The summed E-state index contributed by atoms with van der Waals surface area (Å²) in [6, 6.07) is 13.8. The molecule has 1 fully saturated rings. The van der Waals surface area contributed by atoms with Crippen molar-refractivity contribution in [3.8, 4) is 0 Å². The summed E-state index contributed by atoms with van der Waals surface area (Å²) in [7, 11) is 0. The Labute approximate surface area is 164 Å². The average Bonchev–Trinajstić information content (AvgIpc) is 3.04. The number of carbonyl (C=O) groups is 1. The van der Waals surface area contributed by atoms with Gasteiger partial charge in [-0.2, -0.15) is 0 Å². The van der Waals surface area contributed by atoms with Crippen molar-refractivity contribution >= 4 is 11.6 Å². The molecule has 1 saturated heterocycles. The van der Waals surface area contributed by atoms with Crippen LogP contribution in [0, 0.1) is 11.7 Å². The first-order valence-corrected chi connectivity index (χ1v) is 9.70. The molecule has 28 heavy (non-hydrogen) atoms. The molecule has 2 aliphatic heterocycles. The lowest BCUT2D eigenvalue weighted by Crippen LogP contribution is -2.41. The molecular formula is C22H24FN3O2. The number of halogens is 1. The van der Waals surface area contributed by atoms with Gasteiger partial charge in [0.15, 0.2) is 0 Å². The highest BCUT2D eigenvalue weighted by Gasteiger charge is 2.30. The topological polar surface area (TPSA) is 56.1 Å². The first kappa shape index (κ1) is 18.6. The molecule has 4 rings (SSSR count). The summed E-state index contributed by atoms with van der Waals surface area (Å²) < 4.78 is 13.1. The second-order valence-electron chi connectivity index (χ2n) is 7.62. The van der Waals surface area contributed by atoms with E-state index in [9.17, 15) is 14.4 Å². The fraction of sp³-hybridized carbons (Fsp3) is 0.364. The number of nitrogens with zero attached hydrogens (tertiary/aromatic N) is 3. The summed E-state index contributed by atoms with van der Waals surface area (Å²) >= 11 is 0. The highest BCUT2D eigenvalue weighted by atomic mass is 19.1. The standard InChI is InChI=1S/C22H24FN3O2/c23-19-7-5-17(6-8-19)21(24-28)15-25-11-9-16(10-12-25)13-26-14-18-3-1-2-4-20(18)22(26)27/h1-8,16,28H,9-15H2/b24-21-. The van der Waals surface area contributed by atoms with E-state index in [4.69, 9.17) is 0 Å². The molecule has 0 spiro atoms. The third-order valence-corrected chi connectivity index (χ3v) is 5.75. The van der Waals surface area contributed by atoms with Crippen molar-refractivity contribution in [3.05, 3.63) is 71.0 Å². The Morgan fingerprint density at radius 3 is 2.50 bits per heavy atom. The van der Waals surface area contributed by atoms with Crippen molar-refractivity contribution in [2.75, 3.05) is 26.2 Å². The van der Waals surface area contributed by atoms with Crippen LogP contribution in [0.5, 0.6) is 0 Å². The maximum atomic E-state index is 13.1. The number of hydrogen-bond acceptors (Lipinski definition) is 4. The number of rotatable bonds is 5. The summed E-state index contributed by atoms with van der Waals surface area (Å²) in [6.45, 7) is 3.81. The Balaban J connectivity index is 1.29. The summed E-state index contributed by atoms with van der Waals surface area (Å²) in [4.78, 5) is 16.8. The van der Waals surface area contributed by atoms with Gasteiger partial charge >= 0.3 is 0 Å². The maximum Gasteiger partial charge on any atom is 0.254 e. The Hall–Kier alpha value is -2.73. The number of likely N-dealkylation sites (tertiary alicyclic amines) is 1. The van der Waals surface area contributed by atoms with Gasteiger partial charge in [-0.25, -0.2) is 4.39 Å². The van der Waals surface area contributed by atoms with Crippen LogP contribution in [0.15, 0.2) is 53.7 Å². The lowest BCUT2D eigenvalue weighted by Gasteiger charge is -2.33. The molecule has 0 bridgehead atoms. The zero-order valence-corrected chi connectivity index (χ0v) is 15.7. The van der Waals surface area contributed by atoms with Crippen LogP contribution in [-0.4, -0.2) is 52.8 Å². The molecule has 0 aromatic heterocycles. The highest BCUT2D eigenvalue weighted by molar-refractivity contribution is 6.01. The van der Waals surface area contributed by atoms with Gasteiger partial charge in [-0.3, -0.25) is 9.69 Å². The molecular weight excluding hydrogens is 357 g/mol. The molecule has 2 aromatic rings. The third kappa shape index (κ3) is 3.92. The quantitative estimate of drug-likeness (QED) is 0.491. The van der Waals surface area contributed by atoms with Crippen molar-refractivity contribution in [1.29, 1.82) is 0 Å². The lowest BCUT2D eigenvalue weighted by atomic mass is 9.95. The van der Waals surface area contributed by atoms with Crippen LogP contribution in [0.4, 0.5) is 4.39 Å². The summed E-state index contributed by atoms with van der Waals surface area (Å²) in [5.41, 5.74) is 3.23. The zero-order valence-electron chi connectivity index (χ0n) is 15.7. The van der Waals surface area contributed by atoms with Gasteiger partial charge in [-0.15, -0.1) is 0 Å². The van der Waals surface area contributed by atoms with E-state index in [1.807, 2.05) is 29.2 Å². The van der Waals surface area contributed by atoms with Crippen LogP contribution in [0.3, 0.4) is 0 Å². The predicted octanol–water partition coefficient (Wildman–Crippen LogP) is 3.37. The molecule has 2 heterocycles. The van der Waals surface area contributed by atoms with E-state index in [1.165, 1.54) is 12.1 Å². The zero-order chi connectivity index (χ0) is 19.5. The first-order chi connectivity index (χ1) is 13.6. The minimum Gasteiger partial charge on any atom is -0.411 e. The molecule has 5 nitrogen and oxygen atoms in total. The number of piperidine rings is 1. The fourth-order valence-electron chi connectivity index (χ4n) is 4.14. The van der Waals surface area contributed by atoms with Gasteiger partial charge in [0.2, 0.25) is 0 Å². The van der Waals surface area contributed by atoms with E-state index >= 15 is 0 Å². The molecule has 0 unspecified atom stereocenters. The summed E-state index contributed by atoms with van der Waals surface area (Å²) in [6.07, 6.45) is 2.00. The van der Waals surface area contributed by atoms with Gasteiger partial charge in [-0.1, -0.05) is 35.5 Å². The summed E-state index contributed by atoms with van der Waals surface area (Å²) in [5, 5.41) is 12.8. The SMILES string of the molecule is O=C1c2ccccc2CN1CC1CCN(C/C(=N/O)c2ccc(F)cc2)CC1. The number of hydrogen-bond donors (Lipinski definition) is 1. The Kier molecular flexibility index (Phi) is 5.39. The molecule has 1 amide bonds. The van der Waals surface area contributed by atoms with Crippen molar-refractivity contribution in [1.82, 2.24) is 9.80 Å². The van der Waals surface area contributed by atoms with Gasteiger partial charge in [0.1, 0.15) is 11.5 Å². The van der Waals surface area contributed by atoms with E-state index in [-0.39, 0.29) is 11.7 Å². The van der Waals surface area contributed by atoms with Gasteiger partial charge in [0, 0.05) is 30.8 Å². The molecule has 2 aliphatic rings. The number of benzene rings is 2. The summed E-state index contributed by atoms with van der Waals surface area (Å²) in [5.74, 6) is 0.319. The molecule has 0 aliphatic carbocycles. The molecule has 0 saturated carbocycles. The van der Waals surface area contributed by atoms with Gasteiger partial charge in [-0.05, 0) is 55.6 Å². The van der Waals surface area contributed by atoms with E-state index in [0.717, 1.165) is 49.2 Å². The first-order valence-electron chi connectivity index (χ1n) is 9.70. The van der Waals surface area contributed by atoms with E-state index in [0.29, 0.717) is 24.7 Å².